The van der Waals surface area contributed by atoms with E-state index in [1.54, 1.807) is 19.1 Å². The third-order valence-corrected chi connectivity index (χ3v) is 9.93. The number of hydrogen-bond acceptors (Lipinski definition) is 4. The predicted octanol–water partition coefficient (Wildman–Crippen LogP) is 5.00. The van der Waals surface area contributed by atoms with Crippen molar-refractivity contribution >= 4 is 14.3 Å². The van der Waals surface area contributed by atoms with E-state index in [4.69, 9.17) is 9.16 Å². The summed E-state index contributed by atoms with van der Waals surface area (Å²) < 4.78 is 11.3. The second-order valence-corrected chi connectivity index (χ2v) is 13.2. The van der Waals surface area contributed by atoms with Crippen molar-refractivity contribution < 1.29 is 19.1 Å². The van der Waals surface area contributed by atoms with E-state index in [0.29, 0.717) is 12.2 Å². The molecule has 0 saturated heterocycles. The van der Waals surface area contributed by atoms with E-state index in [0.717, 1.165) is 5.56 Å². The summed E-state index contributed by atoms with van der Waals surface area (Å²) in [4.78, 5) is 12.3. The summed E-state index contributed by atoms with van der Waals surface area (Å²) in [5, 5.41) is 11.1. The maximum absolute atomic E-state index is 12.3. The number of aliphatic hydroxyl groups is 1. The van der Waals surface area contributed by atoms with E-state index in [1.807, 2.05) is 31.2 Å². The van der Waals surface area contributed by atoms with Gasteiger partial charge >= 0.3 is 5.97 Å². The Hall–Kier alpha value is -1.43. The number of aliphatic hydroxyl groups excluding tert-OH is 1. The molecule has 0 radical (unpaired) electrons. The number of carbonyl (C=O) groups excluding carboxylic acids is 1. The number of rotatable bonds is 7. The van der Waals surface area contributed by atoms with Gasteiger partial charge < -0.3 is 14.3 Å². The van der Waals surface area contributed by atoms with Crippen molar-refractivity contribution in [2.45, 2.75) is 65.5 Å². The molecule has 0 fully saturated rings. The molecule has 0 spiro atoms. The zero-order valence-corrected chi connectivity index (χ0v) is 18.4. The van der Waals surface area contributed by atoms with E-state index in [-0.39, 0.29) is 5.04 Å². The molecule has 1 aromatic rings. The van der Waals surface area contributed by atoms with Gasteiger partial charge in [-0.15, -0.1) is 0 Å². The van der Waals surface area contributed by atoms with Gasteiger partial charge in [0.25, 0.3) is 0 Å². The molecule has 1 N–H and O–H groups in total. The van der Waals surface area contributed by atoms with Crippen LogP contribution in [0.3, 0.4) is 0 Å². The summed E-state index contributed by atoms with van der Waals surface area (Å²) in [5.74, 6) is -0.469. The number of carbonyl (C=O) groups is 1. The molecule has 2 atom stereocenters. The average Bonchev–Trinajstić information content (AvgIpc) is 2.58. The first kappa shape index (κ1) is 22.6. The highest BCUT2D eigenvalue weighted by molar-refractivity contribution is 6.74. The topological polar surface area (TPSA) is 55.8 Å². The molecule has 0 amide bonds. The average molecular weight is 379 g/mol. The van der Waals surface area contributed by atoms with Crippen molar-refractivity contribution in [3.05, 3.63) is 47.5 Å². The SMILES string of the molecule is C/C=C/[C@](C)(C(=O)OC)[C@@H](O)c1ccccc1CO[Si](C)(C)C(C)(C)C. The van der Waals surface area contributed by atoms with Crippen LogP contribution in [-0.2, 0) is 20.6 Å². The van der Waals surface area contributed by atoms with E-state index in [2.05, 4.69) is 33.9 Å². The highest BCUT2D eigenvalue weighted by atomic mass is 28.4. The Balaban J connectivity index is 3.21. The second-order valence-electron chi connectivity index (χ2n) is 8.42. The van der Waals surface area contributed by atoms with E-state index in [9.17, 15) is 9.90 Å². The van der Waals surface area contributed by atoms with Crippen LogP contribution in [0.2, 0.25) is 18.1 Å². The molecule has 26 heavy (non-hydrogen) atoms. The van der Waals surface area contributed by atoms with Crippen LogP contribution < -0.4 is 0 Å². The molecular formula is C21H34O4Si. The molecule has 0 aliphatic carbocycles. The zero-order chi connectivity index (χ0) is 20.2. The molecule has 0 bridgehead atoms. The zero-order valence-electron chi connectivity index (χ0n) is 17.4. The van der Waals surface area contributed by atoms with Crippen LogP contribution in [-0.4, -0.2) is 26.5 Å². The van der Waals surface area contributed by atoms with Crippen molar-refractivity contribution in [2.75, 3.05) is 7.11 Å². The Morgan fingerprint density at radius 3 is 2.31 bits per heavy atom. The van der Waals surface area contributed by atoms with Crippen LogP contribution >= 0.6 is 0 Å². The summed E-state index contributed by atoms with van der Waals surface area (Å²) in [6.07, 6.45) is 2.43. The molecule has 5 heteroatoms. The molecule has 146 valence electrons. The first-order valence-corrected chi connectivity index (χ1v) is 11.9. The van der Waals surface area contributed by atoms with Gasteiger partial charge in [-0.3, -0.25) is 4.79 Å². The molecule has 0 aromatic heterocycles. The van der Waals surface area contributed by atoms with Crippen molar-refractivity contribution in [1.29, 1.82) is 0 Å². The van der Waals surface area contributed by atoms with Gasteiger partial charge in [0.05, 0.1) is 19.8 Å². The standard InChI is InChI=1S/C21H34O4Si/c1-9-14-21(5,19(23)24-6)18(22)17-13-11-10-12-16(17)15-25-26(7,8)20(2,3)4/h9-14,18,22H,15H2,1-8H3/b14-9+/t18-,21-/m0/s1. The lowest BCUT2D eigenvalue weighted by Gasteiger charge is -2.37. The lowest BCUT2D eigenvalue weighted by atomic mass is 9.79. The quantitative estimate of drug-likeness (QED) is 0.412. The Morgan fingerprint density at radius 1 is 1.23 bits per heavy atom. The number of benzene rings is 1. The minimum absolute atomic E-state index is 0.103. The van der Waals surface area contributed by atoms with Crippen LogP contribution in [0.4, 0.5) is 0 Å². The first-order chi connectivity index (χ1) is 11.9. The van der Waals surface area contributed by atoms with Crippen LogP contribution in [0.1, 0.15) is 51.8 Å². The lowest BCUT2D eigenvalue weighted by molar-refractivity contribution is -0.155. The Kier molecular flexibility index (Phi) is 7.39. The van der Waals surface area contributed by atoms with Crippen LogP contribution in [0.5, 0.6) is 0 Å². The molecule has 1 aromatic carbocycles. The Bertz CT molecular complexity index is 646. The van der Waals surface area contributed by atoms with Crippen molar-refractivity contribution in [3.8, 4) is 0 Å². The highest BCUT2D eigenvalue weighted by Gasteiger charge is 2.41. The molecule has 4 nitrogen and oxygen atoms in total. The molecule has 0 saturated carbocycles. The van der Waals surface area contributed by atoms with Gasteiger partial charge in [0.2, 0.25) is 0 Å². The Labute approximate surface area is 159 Å². The fourth-order valence-electron chi connectivity index (χ4n) is 2.57. The van der Waals surface area contributed by atoms with Gasteiger partial charge in [-0.05, 0) is 43.1 Å². The van der Waals surface area contributed by atoms with Crippen molar-refractivity contribution in [2.24, 2.45) is 5.41 Å². The minimum atomic E-state index is -1.92. The normalized spacial score (nSPS) is 16.3. The third-order valence-electron chi connectivity index (χ3n) is 5.45. The monoisotopic (exact) mass is 378 g/mol. The number of allylic oxidation sites excluding steroid dienone is 1. The second kappa shape index (κ2) is 8.50. The molecule has 0 aliphatic rings. The number of ether oxygens (including phenoxy) is 1. The summed E-state index contributed by atoms with van der Waals surface area (Å²) in [7, 11) is -0.586. The van der Waals surface area contributed by atoms with Gasteiger partial charge in [0, 0.05) is 0 Å². The minimum Gasteiger partial charge on any atom is -0.468 e. The van der Waals surface area contributed by atoms with Gasteiger partial charge in [0.15, 0.2) is 8.32 Å². The number of hydrogen-bond donors (Lipinski definition) is 1. The predicted molar refractivity (Wildman–Crippen MR) is 108 cm³/mol. The van der Waals surface area contributed by atoms with Gasteiger partial charge in [0.1, 0.15) is 5.41 Å². The largest absolute Gasteiger partial charge is 0.468 e. The fraction of sp³-hybridized carbons (Fsp3) is 0.571. The lowest BCUT2D eigenvalue weighted by Crippen LogP contribution is -2.40. The smallest absolute Gasteiger partial charge is 0.318 e. The number of esters is 1. The van der Waals surface area contributed by atoms with Crippen LogP contribution in [0, 0.1) is 5.41 Å². The van der Waals surface area contributed by atoms with Crippen LogP contribution in [0.25, 0.3) is 0 Å². The van der Waals surface area contributed by atoms with E-state index in [1.165, 1.54) is 7.11 Å². The first-order valence-electron chi connectivity index (χ1n) is 9.03. The van der Waals surface area contributed by atoms with E-state index < -0.39 is 25.8 Å². The molecular weight excluding hydrogens is 344 g/mol. The highest BCUT2D eigenvalue weighted by Crippen LogP contribution is 2.40. The molecule has 1 rings (SSSR count). The van der Waals surface area contributed by atoms with Gasteiger partial charge in [-0.25, -0.2) is 0 Å². The summed E-state index contributed by atoms with van der Waals surface area (Å²) >= 11 is 0. The van der Waals surface area contributed by atoms with Crippen molar-refractivity contribution in [1.82, 2.24) is 0 Å². The van der Waals surface area contributed by atoms with Gasteiger partial charge in [-0.1, -0.05) is 57.2 Å². The summed E-state index contributed by atoms with van der Waals surface area (Å²) in [5.41, 5.74) is 0.429. The molecule has 0 unspecified atom stereocenters. The van der Waals surface area contributed by atoms with Crippen LogP contribution in [0.15, 0.2) is 36.4 Å². The Morgan fingerprint density at radius 2 is 1.81 bits per heavy atom. The van der Waals surface area contributed by atoms with E-state index >= 15 is 0 Å². The van der Waals surface area contributed by atoms with Crippen molar-refractivity contribution in [3.63, 3.8) is 0 Å². The maximum Gasteiger partial charge on any atom is 0.318 e. The third kappa shape index (κ3) is 4.84. The molecule has 0 aliphatic heterocycles. The fourth-order valence-corrected chi connectivity index (χ4v) is 3.52. The summed E-state index contributed by atoms with van der Waals surface area (Å²) in [6, 6.07) is 7.58. The summed E-state index contributed by atoms with van der Waals surface area (Å²) in [6.45, 7) is 14.9. The van der Waals surface area contributed by atoms with Gasteiger partial charge in [-0.2, -0.15) is 0 Å². The maximum atomic E-state index is 12.3. The number of methoxy groups -OCH3 is 1. The molecule has 0 heterocycles.